The molecule has 0 saturated carbocycles. The van der Waals surface area contributed by atoms with Gasteiger partial charge in [-0.2, -0.15) is 0 Å². The third kappa shape index (κ3) is 4.29. The Labute approximate surface area is 175 Å². The molecule has 1 aliphatic rings. The van der Waals surface area contributed by atoms with Gasteiger partial charge >= 0.3 is 5.97 Å². The fourth-order valence-electron chi connectivity index (χ4n) is 3.12. The summed E-state index contributed by atoms with van der Waals surface area (Å²) < 4.78 is 10.9. The molecule has 0 radical (unpaired) electrons. The number of thioether (sulfide) groups is 1. The van der Waals surface area contributed by atoms with Gasteiger partial charge in [0.15, 0.2) is 5.58 Å². The zero-order valence-corrected chi connectivity index (χ0v) is 16.5. The normalized spacial score (nSPS) is 14.8. The molecule has 1 fully saturated rings. The summed E-state index contributed by atoms with van der Waals surface area (Å²) in [7, 11) is 0. The quantitative estimate of drug-likeness (QED) is 0.271. The Kier molecular flexibility index (Phi) is 5.68. The van der Waals surface area contributed by atoms with E-state index in [1.54, 1.807) is 30.3 Å². The molecule has 0 aliphatic carbocycles. The van der Waals surface area contributed by atoms with Crippen molar-refractivity contribution in [2.24, 2.45) is 0 Å². The monoisotopic (exact) mass is 427 g/mol. The van der Waals surface area contributed by atoms with E-state index in [0.717, 1.165) is 11.8 Å². The second-order valence-corrected chi connectivity index (χ2v) is 7.46. The molecule has 30 heavy (non-hydrogen) atoms. The maximum absolute atomic E-state index is 11.7. The number of aliphatic carboxylic acids is 1. The number of carboxylic acids is 1. The summed E-state index contributed by atoms with van der Waals surface area (Å²) in [5.41, 5.74) is 1.98. The van der Waals surface area contributed by atoms with Crippen LogP contribution in [-0.4, -0.2) is 47.3 Å². The Morgan fingerprint density at radius 2 is 2.00 bits per heavy atom. The Hall–Kier alpha value is -3.37. The van der Waals surface area contributed by atoms with Crippen LogP contribution < -0.4 is 4.90 Å². The molecule has 154 valence electrons. The number of carboxylic acid groups (broad SMARTS) is 1. The van der Waals surface area contributed by atoms with E-state index in [0.29, 0.717) is 48.7 Å². The van der Waals surface area contributed by atoms with Gasteiger partial charge in [-0.15, -0.1) is 0 Å². The van der Waals surface area contributed by atoms with E-state index in [1.165, 1.54) is 12.1 Å². The maximum Gasteiger partial charge on any atom is 0.342 e. The molecule has 4 rings (SSSR count). The molecular weight excluding hydrogens is 410 g/mol. The highest BCUT2D eigenvalue weighted by Crippen LogP contribution is 2.34. The lowest BCUT2D eigenvalue weighted by molar-refractivity contribution is -0.384. The third-order valence-electron chi connectivity index (χ3n) is 4.53. The molecule has 0 bridgehead atoms. The highest BCUT2D eigenvalue weighted by atomic mass is 32.2. The third-order valence-corrected chi connectivity index (χ3v) is 5.39. The first-order valence-corrected chi connectivity index (χ1v) is 9.92. The molecule has 1 saturated heterocycles. The number of benzene rings is 2. The van der Waals surface area contributed by atoms with Crippen molar-refractivity contribution < 1.29 is 24.0 Å². The number of morpholine rings is 1. The summed E-state index contributed by atoms with van der Waals surface area (Å²) in [4.78, 5) is 29.0. The molecule has 0 unspecified atom stereocenters. The summed E-state index contributed by atoms with van der Waals surface area (Å²) in [5, 5.41) is 21.4. The first kappa shape index (κ1) is 19.9. The maximum atomic E-state index is 11.7. The van der Waals surface area contributed by atoms with Crippen LogP contribution in [0.15, 0.2) is 57.0 Å². The number of nitrogens with zero attached hydrogens (tertiary/aromatic N) is 3. The van der Waals surface area contributed by atoms with Gasteiger partial charge in [0.25, 0.3) is 10.9 Å². The summed E-state index contributed by atoms with van der Waals surface area (Å²) in [5.74, 6) is -1.18. The topological polar surface area (TPSA) is 119 Å². The van der Waals surface area contributed by atoms with Crippen LogP contribution in [-0.2, 0) is 9.53 Å². The van der Waals surface area contributed by atoms with Crippen LogP contribution >= 0.6 is 11.8 Å². The number of anilines is 1. The lowest BCUT2D eigenvalue weighted by Gasteiger charge is -2.28. The smallest absolute Gasteiger partial charge is 0.342 e. The Bertz CT molecular complexity index is 1100. The number of oxazole rings is 1. The van der Waals surface area contributed by atoms with Crippen molar-refractivity contribution in [2.45, 2.75) is 5.22 Å². The first-order chi connectivity index (χ1) is 14.5. The highest BCUT2D eigenvalue weighted by molar-refractivity contribution is 8.03. The molecule has 9 nitrogen and oxygen atoms in total. The molecule has 0 amide bonds. The number of nitro groups is 1. The second-order valence-electron chi connectivity index (χ2n) is 6.47. The van der Waals surface area contributed by atoms with Gasteiger partial charge in [-0.3, -0.25) is 10.1 Å². The molecule has 10 heteroatoms. The van der Waals surface area contributed by atoms with Gasteiger partial charge in [0.05, 0.1) is 18.1 Å². The van der Waals surface area contributed by atoms with Crippen molar-refractivity contribution in [1.82, 2.24) is 4.98 Å². The number of hydrogen-bond acceptors (Lipinski definition) is 8. The van der Waals surface area contributed by atoms with Gasteiger partial charge in [0.1, 0.15) is 16.1 Å². The van der Waals surface area contributed by atoms with Crippen molar-refractivity contribution in [1.29, 1.82) is 0 Å². The molecule has 1 N–H and O–H groups in total. The number of hydrogen-bond donors (Lipinski definition) is 1. The van der Waals surface area contributed by atoms with Crippen molar-refractivity contribution in [3.63, 3.8) is 0 Å². The predicted molar refractivity (Wildman–Crippen MR) is 112 cm³/mol. The van der Waals surface area contributed by atoms with Gasteiger partial charge in [-0.1, -0.05) is 18.2 Å². The van der Waals surface area contributed by atoms with Crippen LogP contribution in [0.5, 0.6) is 0 Å². The van der Waals surface area contributed by atoms with E-state index in [4.69, 9.17) is 9.15 Å². The number of rotatable bonds is 6. The molecule has 3 aromatic rings. The number of nitro benzene ring substituents is 1. The number of para-hydroxylation sites is 2. The van der Waals surface area contributed by atoms with Crippen LogP contribution in [0.4, 0.5) is 11.4 Å². The predicted octanol–water partition coefficient (Wildman–Crippen LogP) is 3.79. The Morgan fingerprint density at radius 1 is 1.23 bits per heavy atom. The van der Waals surface area contributed by atoms with Crippen molar-refractivity contribution in [3.05, 3.63) is 63.0 Å². The van der Waals surface area contributed by atoms with Crippen LogP contribution in [0.1, 0.15) is 5.56 Å². The van der Waals surface area contributed by atoms with E-state index in [2.05, 4.69) is 4.98 Å². The average molecular weight is 427 g/mol. The van der Waals surface area contributed by atoms with Crippen LogP contribution in [0.3, 0.4) is 0 Å². The van der Waals surface area contributed by atoms with Gasteiger partial charge in [0.2, 0.25) is 0 Å². The number of carbonyl (C=O) groups is 1. The minimum Gasteiger partial charge on any atom is -0.477 e. The fourth-order valence-corrected chi connectivity index (χ4v) is 3.87. The zero-order valence-electron chi connectivity index (χ0n) is 15.7. The summed E-state index contributed by atoms with van der Waals surface area (Å²) in [6, 6.07) is 11.8. The average Bonchev–Trinajstić information content (AvgIpc) is 3.16. The highest BCUT2D eigenvalue weighted by Gasteiger charge is 2.22. The molecular formula is C20H17N3O6S. The minimum absolute atomic E-state index is 0.0602. The van der Waals surface area contributed by atoms with Crippen molar-refractivity contribution in [2.75, 3.05) is 31.2 Å². The standard InChI is InChI=1S/C20H17N3O6S/c24-19(25)18(30-20-21-14-3-1-2-4-17(14)29-20)12-13-5-6-15(16(11-13)23(26)27)22-7-9-28-10-8-22/h1-6,11-12H,7-10H2,(H,24,25)/b18-12+. The molecule has 1 aliphatic heterocycles. The second kappa shape index (κ2) is 8.56. The summed E-state index contributed by atoms with van der Waals surface area (Å²) in [6.45, 7) is 2.13. The SMILES string of the molecule is O=C(O)/C(=C\c1ccc(N2CCOCC2)c([N+](=O)[O-])c1)Sc1nc2ccccc2o1. The molecule has 0 atom stereocenters. The van der Waals surface area contributed by atoms with Gasteiger partial charge in [-0.25, -0.2) is 9.78 Å². The Morgan fingerprint density at radius 3 is 2.70 bits per heavy atom. The zero-order chi connectivity index (χ0) is 21.1. The summed E-state index contributed by atoms with van der Waals surface area (Å²) in [6.07, 6.45) is 1.37. The lowest BCUT2D eigenvalue weighted by atomic mass is 10.1. The lowest BCUT2D eigenvalue weighted by Crippen LogP contribution is -2.36. The molecule has 2 heterocycles. The number of aromatic nitrogens is 1. The summed E-state index contributed by atoms with van der Waals surface area (Å²) >= 11 is 0.851. The van der Waals surface area contributed by atoms with Crippen molar-refractivity contribution >= 4 is 46.3 Å². The van der Waals surface area contributed by atoms with Crippen LogP contribution in [0.2, 0.25) is 0 Å². The molecule has 1 aromatic heterocycles. The largest absolute Gasteiger partial charge is 0.477 e. The van der Waals surface area contributed by atoms with Gasteiger partial charge < -0.3 is 19.2 Å². The van der Waals surface area contributed by atoms with Crippen molar-refractivity contribution in [3.8, 4) is 0 Å². The van der Waals surface area contributed by atoms with E-state index < -0.39 is 10.9 Å². The van der Waals surface area contributed by atoms with Crippen LogP contribution in [0.25, 0.3) is 17.2 Å². The van der Waals surface area contributed by atoms with E-state index in [1.807, 2.05) is 11.0 Å². The van der Waals surface area contributed by atoms with E-state index in [9.17, 15) is 20.0 Å². The molecule has 0 spiro atoms. The minimum atomic E-state index is -1.18. The van der Waals surface area contributed by atoms with E-state index >= 15 is 0 Å². The van der Waals surface area contributed by atoms with Gasteiger partial charge in [-0.05, 0) is 41.6 Å². The van der Waals surface area contributed by atoms with Crippen LogP contribution in [0, 0.1) is 10.1 Å². The Balaban J connectivity index is 1.65. The van der Waals surface area contributed by atoms with E-state index in [-0.39, 0.29) is 15.8 Å². The van der Waals surface area contributed by atoms with Gasteiger partial charge in [0, 0.05) is 19.2 Å². The first-order valence-electron chi connectivity index (χ1n) is 9.11. The fraction of sp³-hybridized carbons (Fsp3) is 0.200. The number of ether oxygens (including phenoxy) is 1. The molecule has 2 aromatic carbocycles. The number of fused-ring (bicyclic) bond motifs is 1.